The minimum absolute atomic E-state index is 0.235. The van der Waals surface area contributed by atoms with Crippen LogP contribution in [0.3, 0.4) is 0 Å². The van der Waals surface area contributed by atoms with Gasteiger partial charge in [-0.15, -0.1) is 0 Å². The molecular weight excluding hydrogens is 288 g/mol. The minimum Gasteiger partial charge on any atom is -0.478 e. The van der Waals surface area contributed by atoms with Crippen LogP contribution in [0, 0.1) is 0 Å². The second-order valence-electron chi connectivity index (χ2n) is 5.26. The lowest BCUT2D eigenvalue weighted by Crippen LogP contribution is -2.03. The molecule has 0 bridgehead atoms. The van der Waals surface area contributed by atoms with Crippen LogP contribution in [-0.4, -0.2) is 21.0 Å². The third-order valence-corrected chi connectivity index (χ3v) is 3.86. The van der Waals surface area contributed by atoms with Crippen molar-refractivity contribution in [3.05, 3.63) is 72.4 Å². The fourth-order valence-corrected chi connectivity index (χ4v) is 2.78. The van der Waals surface area contributed by atoms with E-state index < -0.39 is 5.97 Å². The largest absolute Gasteiger partial charge is 0.478 e. The molecule has 2 aromatic heterocycles. The zero-order chi connectivity index (χ0) is 15.8. The molecule has 0 radical (unpaired) electrons. The fourth-order valence-electron chi connectivity index (χ4n) is 2.78. The third-order valence-electron chi connectivity index (χ3n) is 3.86. The summed E-state index contributed by atoms with van der Waals surface area (Å²) in [6.07, 6.45) is 1.59. The van der Waals surface area contributed by atoms with Crippen molar-refractivity contribution in [2.45, 2.75) is 0 Å². The average Bonchev–Trinajstić information content (AvgIpc) is 2.60. The van der Waals surface area contributed by atoms with Crippen molar-refractivity contribution in [3.8, 4) is 11.3 Å². The number of aromatic nitrogens is 2. The van der Waals surface area contributed by atoms with Crippen molar-refractivity contribution >= 4 is 27.8 Å². The lowest BCUT2D eigenvalue weighted by molar-refractivity contribution is 0.0699. The van der Waals surface area contributed by atoms with E-state index in [9.17, 15) is 9.90 Å². The van der Waals surface area contributed by atoms with E-state index in [0.29, 0.717) is 22.2 Å². The molecule has 0 atom stereocenters. The van der Waals surface area contributed by atoms with E-state index in [4.69, 9.17) is 0 Å². The summed E-state index contributed by atoms with van der Waals surface area (Å²) in [7, 11) is 0. The van der Waals surface area contributed by atoms with Gasteiger partial charge in [-0.05, 0) is 18.2 Å². The van der Waals surface area contributed by atoms with E-state index in [1.54, 1.807) is 18.3 Å². The molecule has 4 rings (SSSR count). The van der Waals surface area contributed by atoms with E-state index in [-0.39, 0.29) is 5.56 Å². The maximum atomic E-state index is 11.8. The number of hydrogen-bond donors (Lipinski definition) is 1. The number of carboxylic acid groups (broad SMARTS) is 1. The molecular formula is C19H12N2O2. The summed E-state index contributed by atoms with van der Waals surface area (Å²) in [6, 6.07) is 18.8. The Labute approximate surface area is 132 Å². The van der Waals surface area contributed by atoms with Gasteiger partial charge in [-0.25, -0.2) is 9.78 Å². The SMILES string of the molecule is O=C(O)c1c(-c2ccc3ccccc3n2)cnc2ccccc12. The van der Waals surface area contributed by atoms with E-state index in [1.807, 2.05) is 48.5 Å². The van der Waals surface area contributed by atoms with E-state index >= 15 is 0 Å². The predicted molar refractivity (Wildman–Crippen MR) is 89.4 cm³/mol. The lowest BCUT2D eigenvalue weighted by Gasteiger charge is -2.09. The third kappa shape index (κ3) is 2.21. The Kier molecular flexibility index (Phi) is 3.01. The Morgan fingerprint density at radius 2 is 1.61 bits per heavy atom. The van der Waals surface area contributed by atoms with Gasteiger partial charge in [0, 0.05) is 22.5 Å². The first-order chi connectivity index (χ1) is 11.2. The van der Waals surface area contributed by atoms with Crippen LogP contribution in [0.4, 0.5) is 0 Å². The Morgan fingerprint density at radius 1 is 0.870 bits per heavy atom. The van der Waals surface area contributed by atoms with Gasteiger partial charge < -0.3 is 5.11 Å². The smallest absolute Gasteiger partial charge is 0.337 e. The lowest BCUT2D eigenvalue weighted by atomic mass is 10.0. The number of benzene rings is 2. The molecule has 4 aromatic rings. The van der Waals surface area contributed by atoms with Crippen molar-refractivity contribution in [3.63, 3.8) is 0 Å². The Hall–Kier alpha value is -3.27. The average molecular weight is 300 g/mol. The number of fused-ring (bicyclic) bond motifs is 2. The van der Waals surface area contributed by atoms with Gasteiger partial charge >= 0.3 is 5.97 Å². The molecule has 0 amide bonds. The van der Waals surface area contributed by atoms with Crippen LogP contribution in [0.15, 0.2) is 66.9 Å². The monoisotopic (exact) mass is 300 g/mol. The van der Waals surface area contributed by atoms with Gasteiger partial charge in [0.05, 0.1) is 22.3 Å². The number of rotatable bonds is 2. The van der Waals surface area contributed by atoms with Crippen LogP contribution in [0.2, 0.25) is 0 Å². The first-order valence-electron chi connectivity index (χ1n) is 7.21. The number of aromatic carboxylic acids is 1. The summed E-state index contributed by atoms with van der Waals surface area (Å²) in [5.74, 6) is -0.978. The molecule has 110 valence electrons. The molecule has 0 saturated carbocycles. The Bertz CT molecular complexity index is 1060. The van der Waals surface area contributed by atoms with Crippen LogP contribution in [0.1, 0.15) is 10.4 Å². The Morgan fingerprint density at radius 3 is 2.43 bits per heavy atom. The zero-order valence-corrected chi connectivity index (χ0v) is 12.1. The highest BCUT2D eigenvalue weighted by Crippen LogP contribution is 2.29. The number of para-hydroxylation sites is 2. The summed E-state index contributed by atoms with van der Waals surface area (Å²) < 4.78 is 0. The van der Waals surface area contributed by atoms with Crippen LogP contribution >= 0.6 is 0 Å². The molecule has 0 fully saturated rings. The zero-order valence-electron chi connectivity index (χ0n) is 12.1. The molecule has 4 heteroatoms. The van der Waals surface area contributed by atoms with E-state index in [2.05, 4.69) is 9.97 Å². The van der Waals surface area contributed by atoms with Crippen LogP contribution < -0.4 is 0 Å². The van der Waals surface area contributed by atoms with E-state index in [1.165, 1.54) is 0 Å². The van der Waals surface area contributed by atoms with Crippen molar-refractivity contribution in [2.24, 2.45) is 0 Å². The second-order valence-corrected chi connectivity index (χ2v) is 5.26. The van der Waals surface area contributed by atoms with Crippen molar-refractivity contribution in [2.75, 3.05) is 0 Å². The van der Waals surface area contributed by atoms with Gasteiger partial charge in [0.1, 0.15) is 0 Å². The molecule has 0 aliphatic heterocycles. The molecule has 0 aliphatic carbocycles. The van der Waals surface area contributed by atoms with Gasteiger partial charge in [0.25, 0.3) is 0 Å². The van der Waals surface area contributed by atoms with Crippen molar-refractivity contribution in [1.82, 2.24) is 9.97 Å². The first kappa shape index (κ1) is 13.4. The molecule has 4 nitrogen and oxygen atoms in total. The van der Waals surface area contributed by atoms with Gasteiger partial charge in [-0.2, -0.15) is 0 Å². The van der Waals surface area contributed by atoms with Crippen molar-refractivity contribution in [1.29, 1.82) is 0 Å². The van der Waals surface area contributed by atoms with Crippen LogP contribution in [0.5, 0.6) is 0 Å². The van der Waals surface area contributed by atoms with Crippen molar-refractivity contribution < 1.29 is 9.90 Å². The highest BCUT2D eigenvalue weighted by Gasteiger charge is 2.17. The number of carboxylic acids is 1. The topological polar surface area (TPSA) is 63.1 Å². The minimum atomic E-state index is -0.978. The maximum absolute atomic E-state index is 11.8. The summed E-state index contributed by atoms with van der Waals surface area (Å²) in [4.78, 5) is 20.8. The quantitative estimate of drug-likeness (QED) is 0.604. The Balaban J connectivity index is 2.03. The van der Waals surface area contributed by atoms with Gasteiger partial charge in [0.15, 0.2) is 0 Å². The fraction of sp³-hybridized carbons (Fsp3) is 0. The van der Waals surface area contributed by atoms with Crippen LogP contribution in [-0.2, 0) is 0 Å². The van der Waals surface area contributed by atoms with Gasteiger partial charge in [-0.1, -0.05) is 42.5 Å². The summed E-state index contributed by atoms with van der Waals surface area (Å²) in [5, 5.41) is 11.3. The normalized spacial score (nSPS) is 11.0. The molecule has 2 heterocycles. The maximum Gasteiger partial charge on any atom is 0.337 e. The summed E-state index contributed by atoms with van der Waals surface area (Å²) in [6.45, 7) is 0. The molecule has 2 aromatic carbocycles. The summed E-state index contributed by atoms with van der Waals surface area (Å²) in [5.41, 5.74) is 2.86. The van der Waals surface area contributed by atoms with Crippen LogP contribution in [0.25, 0.3) is 33.1 Å². The summed E-state index contributed by atoms with van der Waals surface area (Å²) >= 11 is 0. The number of hydrogen-bond acceptors (Lipinski definition) is 3. The number of nitrogens with zero attached hydrogens (tertiary/aromatic N) is 2. The standard InChI is InChI=1S/C19H12N2O2/c22-19(23)18-13-6-2-4-8-16(13)20-11-14(18)17-10-9-12-5-1-3-7-15(12)21-17/h1-11H,(H,22,23). The number of pyridine rings is 2. The molecule has 0 unspecified atom stereocenters. The van der Waals surface area contributed by atoms with Gasteiger partial charge in [-0.3, -0.25) is 4.98 Å². The molecule has 0 saturated heterocycles. The van der Waals surface area contributed by atoms with Gasteiger partial charge in [0.2, 0.25) is 0 Å². The molecule has 0 spiro atoms. The highest BCUT2D eigenvalue weighted by atomic mass is 16.4. The molecule has 0 aliphatic rings. The molecule has 23 heavy (non-hydrogen) atoms. The second kappa shape index (κ2) is 5.18. The number of carbonyl (C=O) groups is 1. The first-order valence-corrected chi connectivity index (χ1v) is 7.21. The van der Waals surface area contributed by atoms with E-state index in [0.717, 1.165) is 10.9 Å². The highest BCUT2D eigenvalue weighted by molar-refractivity contribution is 6.08. The predicted octanol–water partition coefficient (Wildman–Crippen LogP) is 4.15. The molecule has 1 N–H and O–H groups in total.